The fourth-order valence-electron chi connectivity index (χ4n) is 1.24. The van der Waals surface area contributed by atoms with Crippen molar-refractivity contribution in [2.45, 2.75) is 18.9 Å². The molecule has 64 valence electrons. The second-order valence-electron chi connectivity index (χ2n) is 3.22. The Morgan fingerprint density at radius 1 is 1.50 bits per heavy atom. The van der Waals surface area contributed by atoms with Crippen LogP contribution < -0.4 is 4.90 Å². The van der Waals surface area contributed by atoms with Crippen LogP contribution >= 0.6 is 0 Å². The van der Waals surface area contributed by atoms with Gasteiger partial charge in [0.25, 0.3) is 0 Å². The average molecular weight is 164 g/mol. The van der Waals surface area contributed by atoms with Gasteiger partial charge in [-0.2, -0.15) is 0 Å². The van der Waals surface area contributed by atoms with E-state index in [4.69, 9.17) is 5.11 Å². The highest BCUT2D eigenvalue weighted by molar-refractivity contribution is 5.41. The quantitative estimate of drug-likeness (QED) is 0.717. The highest BCUT2D eigenvalue weighted by Gasteiger charge is 2.26. The van der Waals surface area contributed by atoms with Crippen LogP contribution in [0.3, 0.4) is 0 Å². The molecule has 12 heavy (non-hydrogen) atoms. The van der Waals surface area contributed by atoms with Gasteiger partial charge in [0.1, 0.15) is 11.6 Å². The van der Waals surface area contributed by atoms with E-state index in [1.807, 2.05) is 13.1 Å². The molecule has 3 heteroatoms. The Morgan fingerprint density at radius 3 is 2.75 bits per heavy atom. The van der Waals surface area contributed by atoms with Gasteiger partial charge in [-0.25, -0.2) is 4.98 Å². The minimum Gasteiger partial charge on any atom is -0.506 e. The molecule has 0 atom stereocenters. The van der Waals surface area contributed by atoms with Gasteiger partial charge < -0.3 is 10.0 Å². The van der Waals surface area contributed by atoms with Crippen LogP contribution in [0.5, 0.6) is 5.75 Å². The molecule has 1 aromatic rings. The summed E-state index contributed by atoms with van der Waals surface area (Å²) in [5.74, 6) is 1.17. The molecular weight excluding hydrogens is 152 g/mol. The monoisotopic (exact) mass is 164 g/mol. The highest BCUT2D eigenvalue weighted by Crippen LogP contribution is 2.29. The van der Waals surface area contributed by atoms with Crippen LogP contribution in [-0.2, 0) is 0 Å². The predicted molar refractivity (Wildman–Crippen MR) is 47.3 cm³/mol. The number of nitrogens with zero attached hydrogens (tertiary/aromatic N) is 2. The Labute approximate surface area is 71.7 Å². The second-order valence-corrected chi connectivity index (χ2v) is 3.22. The maximum atomic E-state index is 9.01. The maximum Gasteiger partial charge on any atom is 0.134 e. The van der Waals surface area contributed by atoms with Gasteiger partial charge in [0.05, 0.1) is 6.20 Å². The molecule has 0 saturated heterocycles. The van der Waals surface area contributed by atoms with E-state index in [0.717, 1.165) is 5.82 Å². The summed E-state index contributed by atoms with van der Waals surface area (Å²) in [6.07, 6.45) is 4.01. The molecule has 1 saturated carbocycles. The molecule has 0 radical (unpaired) electrons. The number of rotatable bonds is 2. The van der Waals surface area contributed by atoms with Crippen molar-refractivity contribution in [3.63, 3.8) is 0 Å². The van der Waals surface area contributed by atoms with Gasteiger partial charge in [0, 0.05) is 13.1 Å². The molecule has 0 unspecified atom stereocenters. The first-order chi connectivity index (χ1) is 5.77. The lowest BCUT2D eigenvalue weighted by molar-refractivity contribution is 0.472. The van der Waals surface area contributed by atoms with Gasteiger partial charge >= 0.3 is 0 Å². The predicted octanol–water partition coefficient (Wildman–Crippen LogP) is 1.39. The summed E-state index contributed by atoms with van der Waals surface area (Å²) < 4.78 is 0. The van der Waals surface area contributed by atoms with Crippen LogP contribution in [0.15, 0.2) is 18.3 Å². The first-order valence-corrected chi connectivity index (χ1v) is 4.15. The zero-order valence-corrected chi connectivity index (χ0v) is 7.07. The first kappa shape index (κ1) is 7.40. The second kappa shape index (κ2) is 2.66. The van der Waals surface area contributed by atoms with Crippen LogP contribution in [0, 0.1) is 0 Å². The third kappa shape index (κ3) is 1.35. The fraction of sp³-hybridized carbons (Fsp3) is 0.444. The summed E-state index contributed by atoms with van der Waals surface area (Å²) in [6, 6.07) is 4.18. The molecular formula is C9H12N2O. The van der Waals surface area contributed by atoms with Gasteiger partial charge in [0.15, 0.2) is 0 Å². The third-order valence-electron chi connectivity index (χ3n) is 2.19. The summed E-state index contributed by atoms with van der Waals surface area (Å²) in [4.78, 5) is 6.27. The van der Waals surface area contributed by atoms with E-state index in [1.54, 1.807) is 6.07 Å². The lowest BCUT2D eigenvalue weighted by Gasteiger charge is -2.16. The van der Waals surface area contributed by atoms with Crippen LogP contribution in [0.25, 0.3) is 0 Å². The standard InChI is InChI=1S/C9H12N2O/c1-11(7-2-3-7)9-5-4-8(12)6-10-9/h4-7,12H,2-3H2,1H3. The Bertz CT molecular complexity index is 266. The first-order valence-electron chi connectivity index (χ1n) is 4.15. The largest absolute Gasteiger partial charge is 0.506 e. The topological polar surface area (TPSA) is 36.4 Å². The van der Waals surface area contributed by atoms with Crippen LogP contribution in [-0.4, -0.2) is 23.2 Å². The Morgan fingerprint density at radius 2 is 2.25 bits per heavy atom. The minimum absolute atomic E-state index is 0.225. The maximum absolute atomic E-state index is 9.01. The molecule has 0 amide bonds. The van der Waals surface area contributed by atoms with E-state index in [9.17, 15) is 0 Å². The van der Waals surface area contributed by atoms with Crippen LogP contribution in [0.4, 0.5) is 5.82 Å². The fourth-order valence-corrected chi connectivity index (χ4v) is 1.24. The highest BCUT2D eigenvalue weighted by atomic mass is 16.3. The lowest BCUT2D eigenvalue weighted by Crippen LogP contribution is -2.20. The molecule has 0 aromatic carbocycles. The molecule has 1 aromatic heterocycles. The van der Waals surface area contributed by atoms with Crippen molar-refractivity contribution in [3.05, 3.63) is 18.3 Å². The van der Waals surface area contributed by atoms with Crippen molar-refractivity contribution in [2.75, 3.05) is 11.9 Å². The van der Waals surface area contributed by atoms with Gasteiger partial charge in [-0.3, -0.25) is 0 Å². The van der Waals surface area contributed by atoms with Crippen molar-refractivity contribution in [2.24, 2.45) is 0 Å². The van der Waals surface area contributed by atoms with Gasteiger partial charge in [-0.15, -0.1) is 0 Å². The Hall–Kier alpha value is -1.25. The zero-order chi connectivity index (χ0) is 8.55. The number of hydrogen-bond acceptors (Lipinski definition) is 3. The zero-order valence-electron chi connectivity index (χ0n) is 7.07. The molecule has 0 bridgehead atoms. The number of anilines is 1. The molecule has 3 nitrogen and oxygen atoms in total. The van der Waals surface area contributed by atoms with Crippen LogP contribution in [0.2, 0.25) is 0 Å². The summed E-state index contributed by atoms with van der Waals surface area (Å²) in [5, 5.41) is 9.01. The van der Waals surface area contributed by atoms with Crippen LogP contribution in [0.1, 0.15) is 12.8 Å². The summed E-state index contributed by atoms with van der Waals surface area (Å²) in [6.45, 7) is 0. The lowest BCUT2D eigenvalue weighted by atomic mass is 10.4. The number of aromatic hydroxyl groups is 1. The van der Waals surface area contributed by atoms with E-state index in [1.165, 1.54) is 19.0 Å². The summed E-state index contributed by atoms with van der Waals surface area (Å²) >= 11 is 0. The number of aromatic nitrogens is 1. The molecule has 1 N–H and O–H groups in total. The van der Waals surface area contributed by atoms with E-state index < -0.39 is 0 Å². The van der Waals surface area contributed by atoms with Gasteiger partial charge in [0.2, 0.25) is 0 Å². The average Bonchev–Trinajstić information content (AvgIpc) is 2.87. The summed E-state index contributed by atoms with van der Waals surface area (Å²) in [7, 11) is 2.04. The molecule has 1 heterocycles. The molecule has 1 fully saturated rings. The molecule has 0 spiro atoms. The number of hydrogen-bond donors (Lipinski definition) is 1. The smallest absolute Gasteiger partial charge is 0.134 e. The van der Waals surface area contributed by atoms with Gasteiger partial charge in [-0.05, 0) is 25.0 Å². The molecule has 2 rings (SSSR count). The SMILES string of the molecule is CN(c1ccc(O)cn1)C1CC1. The van der Waals surface area contributed by atoms with Crippen molar-refractivity contribution in [1.82, 2.24) is 4.98 Å². The number of pyridine rings is 1. The minimum atomic E-state index is 0.225. The van der Waals surface area contributed by atoms with E-state index in [-0.39, 0.29) is 5.75 Å². The van der Waals surface area contributed by atoms with Crippen molar-refractivity contribution < 1.29 is 5.11 Å². The van der Waals surface area contributed by atoms with E-state index in [2.05, 4.69) is 9.88 Å². The normalized spacial score (nSPS) is 16.1. The Balaban J connectivity index is 2.16. The molecule has 1 aliphatic carbocycles. The van der Waals surface area contributed by atoms with Crippen molar-refractivity contribution in [3.8, 4) is 5.75 Å². The molecule has 1 aliphatic rings. The van der Waals surface area contributed by atoms with Crippen molar-refractivity contribution >= 4 is 5.82 Å². The van der Waals surface area contributed by atoms with E-state index >= 15 is 0 Å². The Kier molecular flexibility index (Phi) is 1.64. The third-order valence-corrected chi connectivity index (χ3v) is 2.19. The molecule has 0 aliphatic heterocycles. The van der Waals surface area contributed by atoms with Gasteiger partial charge in [-0.1, -0.05) is 0 Å². The van der Waals surface area contributed by atoms with E-state index in [0.29, 0.717) is 6.04 Å². The summed E-state index contributed by atoms with van der Waals surface area (Å²) in [5.41, 5.74) is 0. The van der Waals surface area contributed by atoms with Crippen molar-refractivity contribution in [1.29, 1.82) is 0 Å².